The van der Waals surface area contributed by atoms with Gasteiger partial charge in [-0.3, -0.25) is 0 Å². The lowest BCUT2D eigenvalue weighted by Crippen LogP contribution is -1.92. The second kappa shape index (κ2) is 5.85. The summed E-state index contributed by atoms with van der Waals surface area (Å²) >= 11 is 1.74. The van der Waals surface area contributed by atoms with Crippen LogP contribution in [0.3, 0.4) is 0 Å². The lowest BCUT2D eigenvalue weighted by molar-refractivity contribution is 1.40. The second-order valence-electron chi connectivity index (χ2n) is 4.50. The molecule has 0 aliphatic rings. The van der Waals surface area contributed by atoms with Crippen LogP contribution in [-0.2, 0) is 0 Å². The summed E-state index contributed by atoms with van der Waals surface area (Å²) in [7, 11) is 0. The number of anilines is 1. The summed E-state index contributed by atoms with van der Waals surface area (Å²) < 4.78 is 0. The van der Waals surface area contributed by atoms with Crippen LogP contribution >= 0.6 is 11.8 Å². The fourth-order valence-electron chi connectivity index (χ4n) is 2.16. The van der Waals surface area contributed by atoms with E-state index in [1.165, 1.54) is 9.79 Å². The third kappa shape index (κ3) is 2.70. The van der Waals surface area contributed by atoms with Crippen molar-refractivity contribution in [1.82, 2.24) is 0 Å². The van der Waals surface area contributed by atoms with Gasteiger partial charge in [0.05, 0.1) is 0 Å². The maximum Gasteiger partial charge on any atom is 0.0405 e. The van der Waals surface area contributed by atoms with Crippen LogP contribution < -0.4 is 5.73 Å². The van der Waals surface area contributed by atoms with E-state index < -0.39 is 0 Å². The molecule has 1 nitrogen and oxygen atoms in total. The molecule has 3 rings (SSSR count). The molecule has 3 aromatic rings. The van der Waals surface area contributed by atoms with Gasteiger partial charge in [-0.2, -0.15) is 0 Å². The van der Waals surface area contributed by atoms with Gasteiger partial charge >= 0.3 is 0 Å². The van der Waals surface area contributed by atoms with Gasteiger partial charge < -0.3 is 5.73 Å². The van der Waals surface area contributed by atoms with Crippen LogP contribution in [0.2, 0.25) is 0 Å². The van der Waals surface area contributed by atoms with Gasteiger partial charge in [-0.05, 0) is 29.8 Å². The molecule has 98 valence electrons. The number of benzene rings is 3. The summed E-state index contributed by atoms with van der Waals surface area (Å²) in [5.41, 5.74) is 9.28. The highest BCUT2D eigenvalue weighted by molar-refractivity contribution is 7.99. The molecule has 0 unspecified atom stereocenters. The zero-order valence-electron chi connectivity index (χ0n) is 11.0. The average molecular weight is 277 g/mol. The zero-order chi connectivity index (χ0) is 13.8. The zero-order valence-corrected chi connectivity index (χ0v) is 11.8. The Morgan fingerprint density at radius 3 is 2.00 bits per heavy atom. The largest absolute Gasteiger partial charge is 0.398 e. The van der Waals surface area contributed by atoms with Crippen molar-refractivity contribution in [1.29, 1.82) is 0 Å². The van der Waals surface area contributed by atoms with Crippen molar-refractivity contribution in [3.05, 3.63) is 78.9 Å². The molecule has 0 amide bonds. The van der Waals surface area contributed by atoms with Crippen molar-refractivity contribution < 1.29 is 0 Å². The monoisotopic (exact) mass is 277 g/mol. The molecule has 0 radical (unpaired) electrons. The van der Waals surface area contributed by atoms with Gasteiger partial charge in [0.2, 0.25) is 0 Å². The number of nitrogens with two attached hydrogens (primary N) is 1. The maximum atomic E-state index is 6.19. The minimum atomic E-state index is 0.817. The van der Waals surface area contributed by atoms with E-state index in [-0.39, 0.29) is 0 Å². The van der Waals surface area contributed by atoms with Crippen LogP contribution in [0.1, 0.15) is 0 Å². The third-order valence-corrected chi connectivity index (χ3v) is 4.16. The first-order valence-corrected chi connectivity index (χ1v) is 7.33. The molecular weight excluding hydrogens is 262 g/mol. The van der Waals surface area contributed by atoms with Gasteiger partial charge in [-0.15, -0.1) is 0 Å². The van der Waals surface area contributed by atoms with Crippen molar-refractivity contribution in [2.75, 3.05) is 5.73 Å². The standard InChI is InChI=1S/C18H15NS/c19-16-12-7-13-17(20-15-10-5-2-6-11-15)18(16)14-8-3-1-4-9-14/h1-13H,19H2. The SMILES string of the molecule is Nc1cccc(Sc2ccccc2)c1-c1ccccc1. The van der Waals surface area contributed by atoms with Crippen LogP contribution in [0.25, 0.3) is 11.1 Å². The van der Waals surface area contributed by atoms with Gasteiger partial charge in [-0.1, -0.05) is 66.4 Å². The Labute approximate surface area is 123 Å². The molecule has 0 fully saturated rings. The number of hydrogen-bond donors (Lipinski definition) is 1. The Kier molecular flexibility index (Phi) is 3.75. The van der Waals surface area contributed by atoms with Gasteiger partial charge in [0, 0.05) is 21.0 Å². The van der Waals surface area contributed by atoms with E-state index in [1.807, 2.05) is 36.4 Å². The first-order valence-electron chi connectivity index (χ1n) is 6.51. The quantitative estimate of drug-likeness (QED) is 0.675. The summed E-state index contributed by atoms with van der Waals surface area (Å²) in [5, 5.41) is 0. The normalized spacial score (nSPS) is 10.4. The Balaban J connectivity index is 2.06. The molecule has 0 saturated heterocycles. The summed E-state index contributed by atoms with van der Waals surface area (Å²) in [6, 6.07) is 26.7. The van der Waals surface area contributed by atoms with Crippen molar-refractivity contribution in [2.45, 2.75) is 9.79 Å². The maximum absolute atomic E-state index is 6.19. The molecule has 0 aliphatic carbocycles. The topological polar surface area (TPSA) is 26.0 Å². The molecule has 0 spiro atoms. The highest BCUT2D eigenvalue weighted by Crippen LogP contribution is 2.39. The van der Waals surface area contributed by atoms with Gasteiger partial charge in [0.15, 0.2) is 0 Å². The lowest BCUT2D eigenvalue weighted by Gasteiger charge is -2.12. The van der Waals surface area contributed by atoms with Crippen LogP contribution in [0.5, 0.6) is 0 Å². The average Bonchev–Trinajstić information content (AvgIpc) is 2.49. The van der Waals surface area contributed by atoms with E-state index in [0.29, 0.717) is 0 Å². The Morgan fingerprint density at radius 2 is 1.30 bits per heavy atom. The van der Waals surface area contributed by atoms with Crippen molar-refractivity contribution >= 4 is 17.4 Å². The molecule has 20 heavy (non-hydrogen) atoms. The molecule has 2 N–H and O–H groups in total. The molecule has 2 heteroatoms. The first-order chi connectivity index (χ1) is 9.84. The Bertz CT molecular complexity index is 693. The molecule has 0 bridgehead atoms. The fourth-order valence-corrected chi connectivity index (χ4v) is 3.19. The minimum Gasteiger partial charge on any atom is -0.398 e. The molecule has 0 heterocycles. The van der Waals surface area contributed by atoms with Crippen LogP contribution in [0, 0.1) is 0 Å². The lowest BCUT2D eigenvalue weighted by atomic mass is 10.0. The predicted octanol–water partition coefficient (Wildman–Crippen LogP) is 5.09. The van der Waals surface area contributed by atoms with Crippen LogP contribution in [0.15, 0.2) is 88.7 Å². The highest BCUT2D eigenvalue weighted by atomic mass is 32.2. The predicted molar refractivity (Wildman–Crippen MR) is 86.9 cm³/mol. The summed E-state index contributed by atoms with van der Waals surface area (Å²) in [6.07, 6.45) is 0. The van der Waals surface area contributed by atoms with Crippen molar-refractivity contribution in [3.8, 4) is 11.1 Å². The number of rotatable bonds is 3. The summed E-state index contributed by atoms with van der Waals surface area (Å²) in [4.78, 5) is 2.40. The van der Waals surface area contributed by atoms with Crippen LogP contribution in [-0.4, -0.2) is 0 Å². The van der Waals surface area contributed by atoms with Gasteiger partial charge in [-0.25, -0.2) is 0 Å². The van der Waals surface area contributed by atoms with E-state index in [4.69, 9.17) is 5.73 Å². The minimum absolute atomic E-state index is 0.817. The molecule has 0 atom stereocenters. The molecule has 3 aromatic carbocycles. The van der Waals surface area contributed by atoms with E-state index in [2.05, 4.69) is 42.5 Å². The highest BCUT2D eigenvalue weighted by Gasteiger charge is 2.09. The molecular formula is C18H15NS. The Hall–Kier alpha value is -2.19. The fraction of sp³-hybridized carbons (Fsp3) is 0. The molecule has 0 aliphatic heterocycles. The molecule has 0 aromatic heterocycles. The van der Waals surface area contributed by atoms with Gasteiger partial charge in [0.25, 0.3) is 0 Å². The van der Waals surface area contributed by atoms with E-state index >= 15 is 0 Å². The molecule has 0 saturated carbocycles. The number of hydrogen-bond acceptors (Lipinski definition) is 2. The van der Waals surface area contributed by atoms with E-state index in [1.54, 1.807) is 11.8 Å². The van der Waals surface area contributed by atoms with E-state index in [9.17, 15) is 0 Å². The third-order valence-electron chi connectivity index (χ3n) is 3.09. The Morgan fingerprint density at radius 1 is 0.650 bits per heavy atom. The summed E-state index contributed by atoms with van der Waals surface area (Å²) in [6.45, 7) is 0. The smallest absolute Gasteiger partial charge is 0.0405 e. The number of nitrogen functional groups attached to an aromatic ring is 1. The second-order valence-corrected chi connectivity index (χ2v) is 5.62. The van der Waals surface area contributed by atoms with Crippen molar-refractivity contribution in [2.24, 2.45) is 0 Å². The van der Waals surface area contributed by atoms with Gasteiger partial charge in [0.1, 0.15) is 0 Å². The summed E-state index contributed by atoms with van der Waals surface area (Å²) in [5.74, 6) is 0. The first kappa shape index (κ1) is 12.8. The van der Waals surface area contributed by atoms with E-state index in [0.717, 1.165) is 16.8 Å². The van der Waals surface area contributed by atoms with Crippen molar-refractivity contribution in [3.63, 3.8) is 0 Å². The van der Waals surface area contributed by atoms with Crippen LogP contribution in [0.4, 0.5) is 5.69 Å².